The van der Waals surface area contributed by atoms with Crippen LogP contribution in [0.15, 0.2) is 56.8 Å². The van der Waals surface area contributed by atoms with E-state index >= 15 is 9.59 Å². The number of hydrogen-bond donors (Lipinski definition) is 0. The smallest absolute Gasteiger partial charge is 0.261 e. The zero-order chi connectivity index (χ0) is 42.6. The summed E-state index contributed by atoms with van der Waals surface area (Å²) in [6.07, 6.45) is 43.7. The Morgan fingerprint density at radius 3 is 0.917 bits per heavy atom. The fourth-order valence-corrected chi connectivity index (χ4v) is 9.81. The van der Waals surface area contributed by atoms with Gasteiger partial charge in [-0.25, -0.2) is 0 Å². The van der Waals surface area contributed by atoms with E-state index in [1.165, 1.54) is 180 Å². The summed E-state index contributed by atoms with van der Waals surface area (Å²) in [6.45, 7) is 10.3. The zero-order valence-electron chi connectivity index (χ0n) is 39.2. The molecular weight excluding hydrogens is 741 g/mol. The first-order chi connectivity index (χ1) is 29.5. The van der Waals surface area contributed by atoms with Gasteiger partial charge in [0.15, 0.2) is 11.5 Å². The minimum Gasteiger partial charge on any atom is -0.463 e. The SMILES string of the molecule is CCCCCCCCCCC(CCCCCCCC)CN1C(=O)C2=C(c3ccco3)N(CC(CCCCCCCC)CCCCCCCCCC)C(=O)C2=C1c1ccco1. The highest BCUT2D eigenvalue weighted by Crippen LogP contribution is 2.48. The van der Waals surface area contributed by atoms with E-state index in [-0.39, 0.29) is 11.8 Å². The Morgan fingerprint density at radius 2 is 0.667 bits per heavy atom. The van der Waals surface area contributed by atoms with Crippen LogP contribution in [0.1, 0.15) is 245 Å². The van der Waals surface area contributed by atoms with Crippen molar-refractivity contribution in [2.75, 3.05) is 13.1 Å². The Balaban J connectivity index is 1.56. The Kier molecular flexibility index (Phi) is 24.9. The molecule has 4 heterocycles. The van der Waals surface area contributed by atoms with Gasteiger partial charge in [0.1, 0.15) is 11.4 Å². The van der Waals surface area contributed by atoms with Gasteiger partial charge in [0.25, 0.3) is 11.8 Å². The van der Waals surface area contributed by atoms with E-state index in [0.29, 0.717) is 59.0 Å². The highest BCUT2D eigenvalue weighted by atomic mass is 16.3. The third kappa shape index (κ3) is 16.4. The molecule has 0 fully saturated rings. The van der Waals surface area contributed by atoms with Crippen molar-refractivity contribution in [2.45, 2.75) is 233 Å². The Labute approximate surface area is 367 Å². The van der Waals surface area contributed by atoms with Gasteiger partial charge in [-0.1, -0.05) is 207 Å². The average Bonchev–Trinajstić information content (AvgIpc) is 4.08. The van der Waals surface area contributed by atoms with E-state index in [9.17, 15) is 0 Å². The fraction of sp³-hybridized carbons (Fsp3) is 0.741. The number of hydrogen-bond acceptors (Lipinski definition) is 4. The van der Waals surface area contributed by atoms with Gasteiger partial charge in [0, 0.05) is 13.1 Å². The van der Waals surface area contributed by atoms with Crippen LogP contribution in [-0.2, 0) is 9.59 Å². The van der Waals surface area contributed by atoms with Crippen molar-refractivity contribution < 1.29 is 18.4 Å². The summed E-state index contributed by atoms with van der Waals surface area (Å²) in [5.74, 6) is 1.82. The van der Waals surface area contributed by atoms with Gasteiger partial charge in [-0.3, -0.25) is 9.59 Å². The lowest BCUT2D eigenvalue weighted by Gasteiger charge is -2.29. The summed E-state index contributed by atoms with van der Waals surface area (Å²) < 4.78 is 12.2. The van der Waals surface area contributed by atoms with Crippen LogP contribution >= 0.6 is 0 Å². The summed E-state index contributed by atoms with van der Waals surface area (Å²) in [6, 6.07) is 7.62. The van der Waals surface area contributed by atoms with Crippen molar-refractivity contribution in [1.29, 1.82) is 0 Å². The third-order valence-electron chi connectivity index (χ3n) is 13.4. The number of furan rings is 2. The van der Waals surface area contributed by atoms with Crippen molar-refractivity contribution in [3.05, 3.63) is 59.5 Å². The summed E-state index contributed by atoms with van der Waals surface area (Å²) in [5.41, 5.74) is 2.35. The molecule has 2 atom stereocenters. The highest BCUT2D eigenvalue weighted by molar-refractivity contribution is 6.29. The van der Waals surface area contributed by atoms with Crippen molar-refractivity contribution >= 4 is 23.2 Å². The standard InChI is InChI=1S/C54H88N2O4/c1-5-9-13-17-21-23-27-31-37-45(35-29-25-19-15-11-7-3)43-55-51(47-39-33-41-59-47)49-50(53(55)57)52(48-40-34-42-60-48)56(54(49)58)44-46(36-30-26-20-16-12-8-4)38-32-28-24-22-18-14-10-6-2/h33-34,39-42,45-46H,5-32,35-38,43-44H2,1-4H3. The molecule has 6 heteroatoms. The Hall–Kier alpha value is -3.02. The second-order valence-electron chi connectivity index (χ2n) is 18.6. The summed E-state index contributed by atoms with van der Waals surface area (Å²) in [4.78, 5) is 34.0. The number of amides is 2. The lowest BCUT2D eigenvalue weighted by atomic mass is 9.93. The van der Waals surface area contributed by atoms with Gasteiger partial charge >= 0.3 is 0 Å². The zero-order valence-corrected chi connectivity index (χ0v) is 39.2. The number of fused-ring (bicyclic) bond motifs is 1. The largest absolute Gasteiger partial charge is 0.463 e. The molecule has 0 radical (unpaired) electrons. The molecule has 60 heavy (non-hydrogen) atoms. The monoisotopic (exact) mass is 829 g/mol. The lowest BCUT2D eigenvalue weighted by molar-refractivity contribution is -0.124. The van der Waals surface area contributed by atoms with E-state index in [0.717, 1.165) is 25.7 Å². The van der Waals surface area contributed by atoms with Gasteiger partial charge in [0.05, 0.1) is 23.7 Å². The minimum absolute atomic E-state index is 0.0712. The molecule has 2 aliphatic heterocycles. The molecule has 6 nitrogen and oxygen atoms in total. The van der Waals surface area contributed by atoms with Crippen LogP contribution in [0, 0.1) is 11.8 Å². The highest BCUT2D eigenvalue weighted by Gasteiger charge is 2.50. The molecule has 2 amide bonds. The second-order valence-corrected chi connectivity index (χ2v) is 18.6. The molecule has 338 valence electrons. The van der Waals surface area contributed by atoms with Gasteiger partial charge < -0.3 is 18.6 Å². The van der Waals surface area contributed by atoms with Crippen molar-refractivity contribution in [3.63, 3.8) is 0 Å². The maximum atomic E-state index is 15.1. The van der Waals surface area contributed by atoms with Gasteiger partial charge in [0.2, 0.25) is 0 Å². The minimum atomic E-state index is -0.0712. The molecule has 0 N–H and O–H groups in total. The summed E-state index contributed by atoms with van der Waals surface area (Å²) in [5, 5.41) is 0. The third-order valence-corrected chi connectivity index (χ3v) is 13.4. The van der Waals surface area contributed by atoms with E-state index in [1.807, 2.05) is 34.1 Å². The topological polar surface area (TPSA) is 66.9 Å². The molecule has 2 aromatic heterocycles. The molecule has 2 aliphatic rings. The Morgan fingerprint density at radius 1 is 0.400 bits per heavy atom. The second kappa shape index (κ2) is 30.1. The van der Waals surface area contributed by atoms with Crippen LogP contribution in [-0.4, -0.2) is 34.7 Å². The summed E-state index contributed by atoms with van der Waals surface area (Å²) in [7, 11) is 0. The van der Waals surface area contributed by atoms with E-state index < -0.39 is 0 Å². The number of nitrogens with zero attached hydrogens (tertiary/aromatic N) is 2. The molecular formula is C54H88N2O4. The van der Waals surface area contributed by atoms with E-state index in [4.69, 9.17) is 8.83 Å². The molecule has 0 aliphatic carbocycles. The average molecular weight is 829 g/mol. The summed E-state index contributed by atoms with van der Waals surface area (Å²) >= 11 is 0. The first-order valence-electron chi connectivity index (χ1n) is 25.8. The first kappa shape index (κ1) is 49.6. The van der Waals surface area contributed by atoms with Crippen LogP contribution in [0.3, 0.4) is 0 Å². The number of carbonyl (C=O) groups is 2. The fourth-order valence-electron chi connectivity index (χ4n) is 9.81. The lowest BCUT2D eigenvalue weighted by Crippen LogP contribution is -2.34. The van der Waals surface area contributed by atoms with Gasteiger partial charge in [-0.2, -0.15) is 0 Å². The molecule has 2 aromatic rings. The molecule has 0 bridgehead atoms. The van der Waals surface area contributed by atoms with E-state index in [1.54, 1.807) is 12.5 Å². The predicted molar refractivity (Wildman–Crippen MR) is 252 cm³/mol. The molecule has 2 unspecified atom stereocenters. The van der Waals surface area contributed by atoms with Crippen LogP contribution in [0.5, 0.6) is 0 Å². The predicted octanol–water partition coefficient (Wildman–Crippen LogP) is 16.5. The number of carbonyl (C=O) groups excluding carboxylic acids is 2. The van der Waals surface area contributed by atoms with Gasteiger partial charge in [-0.05, 0) is 61.8 Å². The Bertz CT molecular complexity index is 1370. The van der Waals surface area contributed by atoms with Crippen LogP contribution in [0.2, 0.25) is 0 Å². The quantitative estimate of drug-likeness (QED) is 0.0632. The van der Waals surface area contributed by atoms with Crippen LogP contribution in [0.4, 0.5) is 0 Å². The van der Waals surface area contributed by atoms with Crippen molar-refractivity contribution in [2.24, 2.45) is 11.8 Å². The maximum Gasteiger partial charge on any atom is 0.261 e. The van der Waals surface area contributed by atoms with Crippen molar-refractivity contribution in [1.82, 2.24) is 9.80 Å². The van der Waals surface area contributed by atoms with Crippen molar-refractivity contribution in [3.8, 4) is 0 Å². The first-order valence-corrected chi connectivity index (χ1v) is 25.8. The molecule has 0 aromatic carbocycles. The maximum absolute atomic E-state index is 15.1. The number of rotatable bonds is 38. The molecule has 4 rings (SSSR count). The van der Waals surface area contributed by atoms with Crippen LogP contribution in [0.25, 0.3) is 11.4 Å². The molecule has 0 saturated heterocycles. The van der Waals surface area contributed by atoms with Crippen LogP contribution < -0.4 is 0 Å². The normalized spacial score (nSPS) is 15.3. The molecule has 0 spiro atoms. The van der Waals surface area contributed by atoms with Gasteiger partial charge in [-0.15, -0.1) is 0 Å². The van der Waals surface area contributed by atoms with E-state index in [2.05, 4.69) is 27.7 Å². The molecule has 0 saturated carbocycles. The number of unbranched alkanes of at least 4 members (excludes halogenated alkanes) is 24.